The molecule has 0 heterocycles. The molecule has 0 unspecified atom stereocenters. The maximum Gasteiger partial charge on any atom is 0.0626 e. The summed E-state index contributed by atoms with van der Waals surface area (Å²) >= 11 is 0. The van der Waals surface area contributed by atoms with Crippen molar-refractivity contribution < 1.29 is 5.11 Å². The molecule has 2 rings (SSSR count). The van der Waals surface area contributed by atoms with E-state index >= 15 is 0 Å². The summed E-state index contributed by atoms with van der Waals surface area (Å²) in [7, 11) is 0. The maximum absolute atomic E-state index is 9.54. The van der Waals surface area contributed by atoms with E-state index in [1.54, 1.807) is 0 Å². The predicted octanol–water partition coefficient (Wildman–Crippen LogP) is 3.71. The van der Waals surface area contributed by atoms with Gasteiger partial charge in [-0.05, 0) is 29.0 Å². The minimum atomic E-state index is -0.0125. The van der Waals surface area contributed by atoms with Crippen molar-refractivity contribution in [2.45, 2.75) is 32.9 Å². The van der Waals surface area contributed by atoms with E-state index in [9.17, 15) is 5.11 Å². The first-order valence-electron chi connectivity index (χ1n) is 7.66. The Balaban J connectivity index is 1.92. The third-order valence-corrected chi connectivity index (χ3v) is 3.60. The van der Waals surface area contributed by atoms with Crippen LogP contribution >= 0.6 is 0 Å². The van der Waals surface area contributed by atoms with E-state index in [2.05, 4.69) is 43.4 Å². The number of aliphatic hydroxyl groups is 1. The van der Waals surface area contributed by atoms with Crippen LogP contribution in [0.15, 0.2) is 54.6 Å². The van der Waals surface area contributed by atoms with Crippen molar-refractivity contribution in [2.24, 2.45) is 5.92 Å². The zero-order valence-corrected chi connectivity index (χ0v) is 12.9. The summed E-state index contributed by atoms with van der Waals surface area (Å²) in [5, 5.41) is 13.0. The number of aliphatic hydroxyl groups excluding tert-OH is 1. The second kappa shape index (κ2) is 7.96. The SMILES string of the molecule is CC(C)Cc1ccc(CN[C@@H](CO)c2ccccc2)cc1. The molecule has 21 heavy (non-hydrogen) atoms. The summed E-state index contributed by atoms with van der Waals surface area (Å²) in [5.74, 6) is 0.686. The fourth-order valence-corrected chi connectivity index (χ4v) is 2.48. The third-order valence-electron chi connectivity index (χ3n) is 3.60. The third kappa shape index (κ3) is 5.00. The molecule has 0 spiro atoms. The topological polar surface area (TPSA) is 32.3 Å². The second-order valence-electron chi connectivity index (χ2n) is 5.94. The molecule has 0 fully saturated rings. The minimum absolute atomic E-state index is 0.0125. The smallest absolute Gasteiger partial charge is 0.0626 e. The monoisotopic (exact) mass is 283 g/mol. The van der Waals surface area contributed by atoms with Crippen LogP contribution in [0.4, 0.5) is 0 Å². The van der Waals surface area contributed by atoms with Gasteiger partial charge in [-0.15, -0.1) is 0 Å². The lowest BCUT2D eigenvalue weighted by atomic mass is 10.0. The number of rotatable bonds is 7. The summed E-state index contributed by atoms with van der Waals surface area (Å²) in [6, 6.07) is 18.8. The van der Waals surface area contributed by atoms with Crippen LogP contribution in [0, 0.1) is 5.92 Å². The minimum Gasteiger partial charge on any atom is -0.394 e. The molecule has 0 aliphatic rings. The molecule has 0 aliphatic heterocycles. The van der Waals surface area contributed by atoms with Crippen molar-refractivity contribution in [3.05, 3.63) is 71.3 Å². The van der Waals surface area contributed by atoms with Crippen LogP contribution in [0.1, 0.15) is 36.6 Å². The molecule has 0 bridgehead atoms. The average Bonchev–Trinajstić information content (AvgIpc) is 2.50. The summed E-state index contributed by atoms with van der Waals surface area (Å²) < 4.78 is 0. The van der Waals surface area contributed by atoms with Gasteiger partial charge in [0.2, 0.25) is 0 Å². The van der Waals surface area contributed by atoms with Crippen LogP contribution in [0.5, 0.6) is 0 Å². The lowest BCUT2D eigenvalue weighted by Crippen LogP contribution is -2.23. The van der Waals surface area contributed by atoms with Gasteiger partial charge in [0.15, 0.2) is 0 Å². The van der Waals surface area contributed by atoms with Gasteiger partial charge in [0, 0.05) is 6.54 Å². The van der Waals surface area contributed by atoms with Crippen molar-refractivity contribution >= 4 is 0 Å². The molecule has 0 aromatic heterocycles. The van der Waals surface area contributed by atoms with Crippen LogP contribution in [0.25, 0.3) is 0 Å². The highest BCUT2D eigenvalue weighted by Gasteiger charge is 2.08. The van der Waals surface area contributed by atoms with Gasteiger partial charge < -0.3 is 10.4 Å². The van der Waals surface area contributed by atoms with E-state index in [-0.39, 0.29) is 12.6 Å². The van der Waals surface area contributed by atoms with Gasteiger partial charge >= 0.3 is 0 Å². The maximum atomic E-state index is 9.54. The Labute approximate surface area is 127 Å². The fourth-order valence-electron chi connectivity index (χ4n) is 2.48. The van der Waals surface area contributed by atoms with Crippen LogP contribution in [0.3, 0.4) is 0 Å². The fraction of sp³-hybridized carbons (Fsp3) is 0.368. The van der Waals surface area contributed by atoms with E-state index < -0.39 is 0 Å². The largest absolute Gasteiger partial charge is 0.394 e. The highest BCUT2D eigenvalue weighted by Crippen LogP contribution is 2.14. The highest BCUT2D eigenvalue weighted by atomic mass is 16.3. The van der Waals surface area contributed by atoms with Crippen molar-refractivity contribution in [3.63, 3.8) is 0 Å². The highest BCUT2D eigenvalue weighted by molar-refractivity contribution is 5.24. The number of hydrogen-bond donors (Lipinski definition) is 2. The van der Waals surface area contributed by atoms with Gasteiger partial charge in [-0.2, -0.15) is 0 Å². The quantitative estimate of drug-likeness (QED) is 0.812. The first-order valence-corrected chi connectivity index (χ1v) is 7.66. The Hall–Kier alpha value is -1.64. The summed E-state index contributed by atoms with van der Waals surface area (Å²) in [6.45, 7) is 5.35. The zero-order valence-electron chi connectivity index (χ0n) is 12.9. The molecule has 112 valence electrons. The van der Waals surface area contributed by atoms with Crippen molar-refractivity contribution in [1.82, 2.24) is 5.32 Å². The number of hydrogen-bond acceptors (Lipinski definition) is 2. The van der Waals surface area contributed by atoms with E-state index in [0.29, 0.717) is 5.92 Å². The summed E-state index contributed by atoms with van der Waals surface area (Å²) in [5.41, 5.74) is 3.75. The van der Waals surface area contributed by atoms with Gasteiger partial charge in [0.1, 0.15) is 0 Å². The predicted molar refractivity (Wildman–Crippen MR) is 88.1 cm³/mol. The lowest BCUT2D eigenvalue weighted by molar-refractivity contribution is 0.243. The molecule has 1 atom stereocenters. The molecule has 2 aromatic carbocycles. The first kappa shape index (κ1) is 15.7. The van der Waals surface area contributed by atoms with Crippen molar-refractivity contribution in [2.75, 3.05) is 6.61 Å². The molecule has 0 saturated carbocycles. The Morgan fingerprint density at radius 3 is 2.10 bits per heavy atom. The van der Waals surface area contributed by atoms with E-state index in [1.165, 1.54) is 11.1 Å². The molecular weight excluding hydrogens is 258 g/mol. The van der Waals surface area contributed by atoms with Gasteiger partial charge in [-0.3, -0.25) is 0 Å². The van der Waals surface area contributed by atoms with Crippen LogP contribution in [-0.2, 0) is 13.0 Å². The Kier molecular flexibility index (Phi) is 5.97. The van der Waals surface area contributed by atoms with Crippen LogP contribution in [0.2, 0.25) is 0 Å². The van der Waals surface area contributed by atoms with Gasteiger partial charge in [-0.25, -0.2) is 0 Å². The second-order valence-corrected chi connectivity index (χ2v) is 5.94. The van der Waals surface area contributed by atoms with Crippen molar-refractivity contribution in [3.8, 4) is 0 Å². The molecule has 2 N–H and O–H groups in total. The van der Waals surface area contributed by atoms with Crippen molar-refractivity contribution in [1.29, 1.82) is 0 Å². The molecule has 0 aliphatic carbocycles. The van der Waals surface area contributed by atoms with E-state index in [0.717, 1.165) is 18.5 Å². The van der Waals surface area contributed by atoms with Gasteiger partial charge in [0.05, 0.1) is 12.6 Å². The van der Waals surface area contributed by atoms with E-state index in [4.69, 9.17) is 0 Å². The molecule has 0 amide bonds. The molecule has 0 radical (unpaired) electrons. The van der Waals surface area contributed by atoms with E-state index in [1.807, 2.05) is 30.3 Å². The summed E-state index contributed by atoms with van der Waals surface area (Å²) in [4.78, 5) is 0. The number of benzene rings is 2. The molecule has 2 heteroatoms. The molecule has 2 nitrogen and oxygen atoms in total. The number of nitrogens with one attached hydrogen (secondary N) is 1. The normalized spacial score (nSPS) is 12.6. The lowest BCUT2D eigenvalue weighted by Gasteiger charge is -2.17. The Bertz CT molecular complexity index is 519. The zero-order chi connectivity index (χ0) is 15.1. The molecular formula is C19H25NO. The van der Waals surface area contributed by atoms with Gasteiger partial charge in [-0.1, -0.05) is 68.4 Å². The molecule has 0 saturated heterocycles. The van der Waals surface area contributed by atoms with Gasteiger partial charge in [0.25, 0.3) is 0 Å². The Morgan fingerprint density at radius 1 is 0.905 bits per heavy atom. The standard InChI is InChI=1S/C19H25NO/c1-15(2)12-16-8-10-17(11-9-16)13-20-19(14-21)18-6-4-3-5-7-18/h3-11,15,19-21H,12-14H2,1-2H3/t19-/m0/s1. The van der Waals surface area contributed by atoms with Crippen LogP contribution in [-0.4, -0.2) is 11.7 Å². The average molecular weight is 283 g/mol. The Morgan fingerprint density at radius 2 is 1.52 bits per heavy atom. The van der Waals surface area contributed by atoms with Crippen LogP contribution < -0.4 is 5.32 Å². The molecule has 2 aromatic rings. The first-order chi connectivity index (χ1) is 10.2. The summed E-state index contributed by atoms with van der Waals surface area (Å²) in [6.07, 6.45) is 1.12.